The van der Waals surface area contributed by atoms with Gasteiger partial charge in [0.05, 0.1) is 42.7 Å². The fraction of sp³-hybridized carbons (Fsp3) is 0.500. The number of hydrogen-bond donors (Lipinski definition) is 0. The van der Waals surface area contributed by atoms with Gasteiger partial charge in [0, 0.05) is 0 Å². The van der Waals surface area contributed by atoms with Crippen molar-refractivity contribution in [1.29, 1.82) is 0 Å². The zero-order valence-electron chi connectivity index (χ0n) is 19.3. The smallest absolute Gasteiger partial charge is 0.203 e. The molecule has 0 saturated heterocycles. The molecular formula is C24H34O6. The Morgan fingerprint density at radius 3 is 0.967 bits per heavy atom. The van der Waals surface area contributed by atoms with Crippen LogP contribution in [0.4, 0.5) is 0 Å². The lowest BCUT2D eigenvalue weighted by molar-refractivity contribution is 0.321. The van der Waals surface area contributed by atoms with Crippen molar-refractivity contribution in [2.75, 3.05) is 42.7 Å². The van der Waals surface area contributed by atoms with Gasteiger partial charge in [0.15, 0.2) is 23.0 Å². The van der Waals surface area contributed by atoms with Gasteiger partial charge in [-0.15, -0.1) is 0 Å². The van der Waals surface area contributed by atoms with Gasteiger partial charge < -0.3 is 28.4 Å². The van der Waals surface area contributed by atoms with E-state index in [9.17, 15) is 0 Å². The lowest BCUT2D eigenvalue weighted by atomic mass is 9.85. The molecule has 0 aromatic heterocycles. The molecule has 2 aromatic rings. The second-order valence-corrected chi connectivity index (χ2v) is 7.43. The molecule has 0 heterocycles. The summed E-state index contributed by atoms with van der Waals surface area (Å²) in [5.74, 6) is 4.78. The normalized spacial score (nSPS) is 12.7. The zero-order chi connectivity index (χ0) is 22.3. The highest BCUT2D eigenvalue weighted by molar-refractivity contribution is 5.54. The maximum Gasteiger partial charge on any atom is 0.203 e. The summed E-state index contributed by atoms with van der Waals surface area (Å²) in [4.78, 5) is 0. The molecule has 30 heavy (non-hydrogen) atoms. The van der Waals surface area contributed by atoms with E-state index in [1.165, 1.54) is 0 Å². The van der Waals surface area contributed by atoms with E-state index in [0.717, 1.165) is 24.0 Å². The lowest BCUT2D eigenvalue weighted by Crippen LogP contribution is -2.14. The first-order valence-corrected chi connectivity index (χ1v) is 10.00. The van der Waals surface area contributed by atoms with Gasteiger partial charge in [0.1, 0.15) is 0 Å². The van der Waals surface area contributed by atoms with E-state index >= 15 is 0 Å². The molecular weight excluding hydrogens is 384 g/mol. The quantitative estimate of drug-likeness (QED) is 0.523. The Labute approximate surface area is 180 Å². The third kappa shape index (κ3) is 5.23. The molecule has 0 aliphatic carbocycles. The molecule has 0 fully saturated rings. The summed E-state index contributed by atoms with van der Waals surface area (Å²) in [5.41, 5.74) is 2.29. The fourth-order valence-electron chi connectivity index (χ4n) is 3.65. The molecule has 6 nitrogen and oxygen atoms in total. The molecule has 2 atom stereocenters. The van der Waals surface area contributed by atoms with Gasteiger partial charge in [0.2, 0.25) is 11.5 Å². The third-order valence-electron chi connectivity index (χ3n) is 5.54. The number of benzene rings is 2. The minimum Gasteiger partial charge on any atom is -0.493 e. The van der Waals surface area contributed by atoms with E-state index in [-0.39, 0.29) is 0 Å². The molecule has 2 aromatic carbocycles. The maximum absolute atomic E-state index is 5.49. The van der Waals surface area contributed by atoms with E-state index < -0.39 is 0 Å². The van der Waals surface area contributed by atoms with Crippen LogP contribution in [0.1, 0.15) is 25.0 Å². The standard InChI is InChI=1S/C24H34O6/c1-15(9-17-11-19(25-3)23(29-7)20(12-17)26-4)16(2)10-18-13-21(27-5)24(30-8)22(14-18)28-6/h11-16H,9-10H2,1-8H3/t15-,16-/m1/s1. The Balaban J connectivity index is 2.20. The van der Waals surface area contributed by atoms with Crippen LogP contribution in [0.15, 0.2) is 24.3 Å². The minimum absolute atomic E-state index is 0.423. The van der Waals surface area contributed by atoms with Crippen LogP contribution in [-0.2, 0) is 12.8 Å². The Morgan fingerprint density at radius 2 is 0.767 bits per heavy atom. The van der Waals surface area contributed by atoms with Crippen molar-refractivity contribution in [2.24, 2.45) is 11.8 Å². The molecule has 2 rings (SSSR count). The van der Waals surface area contributed by atoms with E-state index in [1.54, 1.807) is 42.7 Å². The fourth-order valence-corrected chi connectivity index (χ4v) is 3.65. The molecule has 166 valence electrons. The maximum atomic E-state index is 5.49. The predicted molar refractivity (Wildman–Crippen MR) is 118 cm³/mol. The molecule has 0 bridgehead atoms. The summed E-state index contributed by atoms with van der Waals surface area (Å²) in [6.45, 7) is 4.51. The first-order valence-electron chi connectivity index (χ1n) is 10.00. The zero-order valence-corrected chi connectivity index (χ0v) is 19.3. The SMILES string of the molecule is COc1cc(C[C@@H](C)[C@H](C)Cc2cc(OC)c(OC)c(OC)c2)cc(OC)c1OC. The van der Waals surface area contributed by atoms with Crippen LogP contribution >= 0.6 is 0 Å². The summed E-state index contributed by atoms with van der Waals surface area (Å²) in [5, 5.41) is 0. The van der Waals surface area contributed by atoms with Gasteiger partial charge in [-0.25, -0.2) is 0 Å². The Kier molecular flexibility index (Phi) is 8.51. The van der Waals surface area contributed by atoms with Crippen LogP contribution in [0.5, 0.6) is 34.5 Å². The summed E-state index contributed by atoms with van der Waals surface area (Å²) >= 11 is 0. The van der Waals surface area contributed by atoms with Gasteiger partial charge in [0.25, 0.3) is 0 Å². The molecule has 0 saturated carbocycles. The van der Waals surface area contributed by atoms with Crippen LogP contribution in [0.3, 0.4) is 0 Å². The van der Waals surface area contributed by atoms with Crippen molar-refractivity contribution in [3.05, 3.63) is 35.4 Å². The number of methoxy groups -OCH3 is 6. The van der Waals surface area contributed by atoms with Crippen molar-refractivity contribution in [3.63, 3.8) is 0 Å². The topological polar surface area (TPSA) is 55.4 Å². The van der Waals surface area contributed by atoms with Crippen LogP contribution in [0, 0.1) is 11.8 Å². The predicted octanol–water partition coefficient (Wildman–Crippen LogP) is 4.80. The van der Waals surface area contributed by atoms with Crippen LogP contribution in [-0.4, -0.2) is 42.7 Å². The number of ether oxygens (including phenoxy) is 6. The van der Waals surface area contributed by atoms with Crippen molar-refractivity contribution in [2.45, 2.75) is 26.7 Å². The molecule has 0 aliphatic rings. The third-order valence-corrected chi connectivity index (χ3v) is 5.54. The molecule has 0 aliphatic heterocycles. The summed E-state index contributed by atoms with van der Waals surface area (Å²) in [6.07, 6.45) is 1.78. The van der Waals surface area contributed by atoms with Crippen molar-refractivity contribution in [1.82, 2.24) is 0 Å². The van der Waals surface area contributed by atoms with Gasteiger partial charge in [-0.2, -0.15) is 0 Å². The monoisotopic (exact) mass is 418 g/mol. The summed E-state index contributed by atoms with van der Waals surface area (Å²) in [6, 6.07) is 8.07. The van der Waals surface area contributed by atoms with Gasteiger partial charge in [-0.05, 0) is 60.1 Å². The second kappa shape index (κ2) is 10.9. The van der Waals surface area contributed by atoms with E-state index in [2.05, 4.69) is 13.8 Å². The lowest BCUT2D eigenvalue weighted by Gasteiger charge is -2.22. The Bertz CT molecular complexity index is 713. The number of rotatable bonds is 11. The van der Waals surface area contributed by atoms with Crippen molar-refractivity contribution >= 4 is 0 Å². The summed E-state index contributed by atoms with van der Waals surface area (Å²) < 4.78 is 32.8. The average molecular weight is 419 g/mol. The van der Waals surface area contributed by atoms with E-state index in [1.807, 2.05) is 24.3 Å². The van der Waals surface area contributed by atoms with E-state index in [4.69, 9.17) is 28.4 Å². The highest BCUT2D eigenvalue weighted by Crippen LogP contribution is 2.40. The minimum atomic E-state index is 0.423. The van der Waals surface area contributed by atoms with Crippen LogP contribution in [0.2, 0.25) is 0 Å². The van der Waals surface area contributed by atoms with Crippen molar-refractivity contribution in [3.8, 4) is 34.5 Å². The summed E-state index contributed by atoms with van der Waals surface area (Å²) in [7, 11) is 9.77. The van der Waals surface area contributed by atoms with Gasteiger partial charge in [-0.3, -0.25) is 0 Å². The van der Waals surface area contributed by atoms with Crippen molar-refractivity contribution < 1.29 is 28.4 Å². The first-order chi connectivity index (χ1) is 14.4. The largest absolute Gasteiger partial charge is 0.493 e. The van der Waals surface area contributed by atoms with Crippen LogP contribution in [0.25, 0.3) is 0 Å². The van der Waals surface area contributed by atoms with Crippen LogP contribution < -0.4 is 28.4 Å². The van der Waals surface area contributed by atoms with Gasteiger partial charge in [-0.1, -0.05) is 13.8 Å². The molecule has 0 unspecified atom stereocenters. The van der Waals surface area contributed by atoms with Gasteiger partial charge >= 0.3 is 0 Å². The highest BCUT2D eigenvalue weighted by atomic mass is 16.5. The van der Waals surface area contributed by atoms with E-state index in [0.29, 0.717) is 46.3 Å². The molecule has 0 N–H and O–H groups in total. The second-order valence-electron chi connectivity index (χ2n) is 7.43. The highest BCUT2D eigenvalue weighted by Gasteiger charge is 2.20. The Morgan fingerprint density at radius 1 is 0.500 bits per heavy atom. The molecule has 0 radical (unpaired) electrons. The average Bonchev–Trinajstić information content (AvgIpc) is 2.77. The molecule has 0 spiro atoms. The molecule has 0 amide bonds. The molecule has 6 heteroatoms. The number of hydrogen-bond acceptors (Lipinski definition) is 6. The Hall–Kier alpha value is -2.76. The first kappa shape index (κ1) is 23.5.